The molecule has 1 saturated carbocycles. The maximum Gasteiger partial charge on any atom is 0.290 e. The first-order chi connectivity index (χ1) is 14.7. The molecule has 1 aromatic rings. The SMILES string of the molecule is CCCCOc1ccc(C2C3=C(OC4CCCCC4C3=O)C(=O)N2CCCO)cc1. The largest absolute Gasteiger partial charge is 0.494 e. The summed E-state index contributed by atoms with van der Waals surface area (Å²) in [5.74, 6) is 0.695. The number of carbonyl (C=O) groups excluding carboxylic acids is 2. The van der Waals surface area contributed by atoms with Crippen LogP contribution in [0.3, 0.4) is 0 Å². The number of Topliss-reactive ketones (excluding diaryl/α,β-unsaturated/α-hetero) is 1. The number of hydrogen-bond acceptors (Lipinski definition) is 5. The predicted octanol–water partition coefficient (Wildman–Crippen LogP) is 3.54. The molecular weight excluding hydrogens is 382 g/mol. The van der Waals surface area contributed by atoms with Gasteiger partial charge in [-0.05, 0) is 49.8 Å². The fraction of sp³-hybridized carbons (Fsp3) is 0.583. The number of aliphatic hydroxyl groups excluding tert-OH is 1. The summed E-state index contributed by atoms with van der Waals surface area (Å²) in [5, 5.41) is 9.32. The molecule has 1 N–H and O–H groups in total. The van der Waals surface area contributed by atoms with Gasteiger partial charge in [-0.2, -0.15) is 0 Å². The number of ether oxygens (including phenoxy) is 2. The third kappa shape index (κ3) is 3.85. The number of nitrogens with zero attached hydrogens (tertiary/aromatic N) is 1. The van der Waals surface area contributed by atoms with Crippen molar-refractivity contribution < 1.29 is 24.2 Å². The molecule has 0 saturated heterocycles. The number of unbranched alkanes of at least 4 members (excludes halogenated alkanes) is 1. The molecule has 1 fully saturated rings. The van der Waals surface area contributed by atoms with Crippen molar-refractivity contribution in [1.29, 1.82) is 0 Å². The van der Waals surface area contributed by atoms with E-state index in [9.17, 15) is 14.7 Å². The lowest BCUT2D eigenvalue weighted by atomic mass is 9.77. The zero-order valence-corrected chi connectivity index (χ0v) is 17.6. The number of aliphatic hydroxyl groups is 1. The summed E-state index contributed by atoms with van der Waals surface area (Å²) >= 11 is 0. The van der Waals surface area contributed by atoms with Gasteiger partial charge < -0.3 is 19.5 Å². The van der Waals surface area contributed by atoms with Gasteiger partial charge in [-0.3, -0.25) is 9.59 Å². The molecule has 6 heteroatoms. The summed E-state index contributed by atoms with van der Waals surface area (Å²) in [7, 11) is 0. The van der Waals surface area contributed by atoms with Gasteiger partial charge in [0.25, 0.3) is 5.91 Å². The lowest BCUT2D eigenvalue weighted by molar-refractivity contribution is -0.135. The van der Waals surface area contributed by atoms with Crippen molar-refractivity contribution in [1.82, 2.24) is 4.90 Å². The van der Waals surface area contributed by atoms with E-state index in [0.717, 1.165) is 49.8 Å². The quantitative estimate of drug-likeness (QED) is 0.660. The van der Waals surface area contributed by atoms with Gasteiger partial charge in [-0.25, -0.2) is 0 Å². The maximum atomic E-state index is 13.4. The molecule has 1 aliphatic carbocycles. The molecule has 3 aliphatic rings. The van der Waals surface area contributed by atoms with Crippen molar-refractivity contribution in [2.45, 2.75) is 64.0 Å². The summed E-state index contributed by atoms with van der Waals surface area (Å²) < 4.78 is 11.9. The van der Waals surface area contributed by atoms with Crippen LogP contribution in [-0.2, 0) is 14.3 Å². The lowest BCUT2D eigenvalue weighted by Gasteiger charge is -2.35. The van der Waals surface area contributed by atoms with Gasteiger partial charge in [0, 0.05) is 13.2 Å². The third-order valence-electron chi connectivity index (χ3n) is 6.38. The van der Waals surface area contributed by atoms with Crippen LogP contribution in [0.1, 0.15) is 63.5 Å². The van der Waals surface area contributed by atoms with E-state index in [1.54, 1.807) is 4.90 Å². The number of hydrogen-bond donors (Lipinski definition) is 1. The number of amides is 1. The Labute approximate surface area is 177 Å². The molecule has 30 heavy (non-hydrogen) atoms. The van der Waals surface area contributed by atoms with Crippen LogP contribution in [0.25, 0.3) is 0 Å². The highest BCUT2D eigenvalue weighted by atomic mass is 16.5. The second-order valence-corrected chi connectivity index (χ2v) is 8.40. The summed E-state index contributed by atoms with van der Waals surface area (Å²) in [4.78, 5) is 28.3. The van der Waals surface area contributed by atoms with Gasteiger partial charge in [0.15, 0.2) is 11.5 Å². The van der Waals surface area contributed by atoms with Crippen LogP contribution in [0.4, 0.5) is 0 Å². The first kappa shape index (κ1) is 20.9. The molecule has 0 radical (unpaired) electrons. The van der Waals surface area contributed by atoms with Crippen molar-refractivity contribution in [2.24, 2.45) is 5.92 Å². The predicted molar refractivity (Wildman–Crippen MR) is 112 cm³/mol. The van der Waals surface area contributed by atoms with Gasteiger partial charge in [-0.1, -0.05) is 31.9 Å². The molecule has 6 nitrogen and oxygen atoms in total. The monoisotopic (exact) mass is 413 g/mol. The molecule has 2 heterocycles. The van der Waals surface area contributed by atoms with Gasteiger partial charge in [0.05, 0.1) is 24.1 Å². The number of fused-ring (bicyclic) bond motifs is 1. The highest BCUT2D eigenvalue weighted by molar-refractivity contribution is 6.11. The minimum atomic E-state index is -0.459. The zero-order chi connectivity index (χ0) is 21.1. The summed E-state index contributed by atoms with van der Waals surface area (Å²) in [6, 6.07) is 7.20. The first-order valence-corrected chi connectivity index (χ1v) is 11.2. The second kappa shape index (κ2) is 9.21. The van der Waals surface area contributed by atoms with E-state index in [1.807, 2.05) is 24.3 Å². The molecule has 0 aromatic heterocycles. The molecule has 162 valence electrons. The van der Waals surface area contributed by atoms with E-state index < -0.39 is 6.04 Å². The topological polar surface area (TPSA) is 76.1 Å². The molecule has 0 spiro atoms. The Bertz CT molecular complexity index is 815. The second-order valence-electron chi connectivity index (χ2n) is 8.40. The van der Waals surface area contributed by atoms with Gasteiger partial charge in [-0.15, -0.1) is 0 Å². The van der Waals surface area contributed by atoms with Gasteiger partial charge in [0.1, 0.15) is 11.9 Å². The van der Waals surface area contributed by atoms with Crippen LogP contribution >= 0.6 is 0 Å². The average Bonchev–Trinajstić information content (AvgIpc) is 3.05. The van der Waals surface area contributed by atoms with Crippen LogP contribution < -0.4 is 4.74 Å². The Morgan fingerprint density at radius 2 is 1.90 bits per heavy atom. The van der Waals surface area contributed by atoms with Crippen LogP contribution in [0.5, 0.6) is 5.75 Å². The Balaban J connectivity index is 1.65. The zero-order valence-electron chi connectivity index (χ0n) is 17.6. The molecule has 3 atom stereocenters. The average molecular weight is 414 g/mol. The molecule has 1 aromatic carbocycles. The van der Waals surface area contributed by atoms with Crippen LogP contribution in [-0.4, -0.2) is 47.6 Å². The fourth-order valence-electron chi connectivity index (χ4n) is 4.79. The van der Waals surface area contributed by atoms with Crippen molar-refractivity contribution in [3.8, 4) is 5.75 Å². The van der Waals surface area contributed by atoms with Crippen LogP contribution in [0, 0.1) is 5.92 Å². The van der Waals surface area contributed by atoms with E-state index in [0.29, 0.717) is 25.1 Å². The lowest BCUT2D eigenvalue weighted by Crippen LogP contribution is -2.39. The normalized spacial score (nSPS) is 25.8. The van der Waals surface area contributed by atoms with E-state index in [2.05, 4.69) is 6.92 Å². The van der Waals surface area contributed by atoms with E-state index in [1.165, 1.54) is 0 Å². The standard InChI is InChI=1S/C24H31NO5/c1-2-3-15-29-17-11-9-16(10-12-17)21-20-22(27)18-7-4-5-8-19(18)30-23(20)24(28)25(21)13-6-14-26/h9-12,18-19,21,26H,2-8,13-15H2,1H3. The third-order valence-corrected chi connectivity index (χ3v) is 6.38. The maximum absolute atomic E-state index is 13.4. The molecule has 4 rings (SSSR count). The van der Waals surface area contributed by atoms with E-state index >= 15 is 0 Å². The van der Waals surface area contributed by atoms with E-state index in [-0.39, 0.29) is 36.1 Å². The molecular formula is C24H31NO5. The van der Waals surface area contributed by atoms with Gasteiger partial charge >= 0.3 is 0 Å². The van der Waals surface area contributed by atoms with Crippen LogP contribution in [0.15, 0.2) is 35.6 Å². The minimum Gasteiger partial charge on any atom is -0.494 e. The van der Waals surface area contributed by atoms with Crippen molar-refractivity contribution in [3.05, 3.63) is 41.2 Å². The summed E-state index contributed by atoms with van der Waals surface area (Å²) in [6.07, 6.45) is 6.05. The first-order valence-electron chi connectivity index (χ1n) is 11.2. The Morgan fingerprint density at radius 1 is 1.13 bits per heavy atom. The minimum absolute atomic E-state index is 0.00851. The number of rotatable bonds is 8. The number of ketones is 1. The molecule has 2 aliphatic heterocycles. The van der Waals surface area contributed by atoms with Gasteiger partial charge in [0.2, 0.25) is 0 Å². The van der Waals surface area contributed by atoms with Crippen LogP contribution in [0.2, 0.25) is 0 Å². The van der Waals surface area contributed by atoms with Crippen molar-refractivity contribution in [3.63, 3.8) is 0 Å². The molecule has 1 amide bonds. The smallest absolute Gasteiger partial charge is 0.290 e. The van der Waals surface area contributed by atoms with E-state index in [4.69, 9.17) is 9.47 Å². The molecule has 0 bridgehead atoms. The highest BCUT2D eigenvalue weighted by Gasteiger charge is 2.51. The summed E-state index contributed by atoms with van der Waals surface area (Å²) in [5.41, 5.74) is 1.38. The van der Waals surface area contributed by atoms with Crippen molar-refractivity contribution in [2.75, 3.05) is 19.8 Å². The van der Waals surface area contributed by atoms with Crippen molar-refractivity contribution >= 4 is 11.7 Å². The molecule has 3 unspecified atom stereocenters. The highest BCUT2D eigenvalue weighted by Crippen LogP contribution is 2.46. The Hall–Kier alpha value is -2.34. The fourth-order valence-corrected chi connectivity index (χ4v) is 4.79. The Kier molecular flexibility index (Phi) is 6.42. The summed E-state index contributed by atoms with van der Waals surface area (Å²) in [6.45, 7) is 3.17. The Morgan fingerprint density at radius 3 is 2.63 bits per heavy atom. The number of benzene rings is 1. The number of carbonyl (C=O) groups is 2.